The molecule has 3 rings (SSSR count). The Balaban J connectivity index is 1.74. The third-order valence-electron chi connectivity index (χ3n) is 2.88. The van der Waals surface area contributed by atoms with E-state index in [1.54, 1.807) is 23.4 Å². The van der Waals surface area contributed by atoms with Crippen LogP contribution in [0.3, 0.4) is 0 Å². The van der Waals surface area contributed by atoms with Crippen LogP contribution in [0.15, 0.2) is 29.0 Å². The average molecular weight is 279 g/mol. The molecule has 0 bridgehead atoms. The van der Waals surface area contributed by atoms with Gasteiger partial charge in [0.2, 0.25) is 17.6 Å². The number of halogens is 1. The van der Waals surface area contributed by atoms with E-state index in [0.29, 0.717) is 31.2 Å². The van der Waals surface area contributed by atoms with Crippen molar-refractivity contribution >= 4 is 17.5 Å². The van der Waals surface area contributed by atoms with Crippen LogP contribution in [0.5, 0.6) is 0 Å². The zero-order chi connectivity index (χ0) is 13.2. The fourth-order valence-electron chi connectivity index (χ4n) is 1.97. The fourth-order valence-corrected chi connectivity index (χ4v) is 2.27. The van der Waals surface area contributed by atoms with Crippen LogP contribution < -0.4 is 0 Å². The third kappa shape index (κ3) is 2.58. The van der Waals surface area contributed by atoms with Gasteiger partial charge in [-0.05, 0) is 12.1 Å². The van der Waals surface area contributed by atoms with E-state index in [1.807, 2.05) is 6.07 Å². The lowest BCUT2D eigenvalue weighted by Crippen LogP contribution is -2.24. The molecule has 1 amide bonds. The van der Waals surface area contributed by atoms with Crippen molar-refractivity contribution in [3.05, 3.63) is 30.4 Å². The Labute approximate surface area is 114 Å². The molecule has 0 N–H and O–H groups in total. The van der Waals surface area contributed by atoms with Crippen molar-refractivity contribution in [1.82, 2.24) is 20.0 Å². The van der Waals surface area contributed by atoms with Crippen molar-refractivity contribution in [1.29, 1.82) is 0 Å². The maximum Gasteiger partial charge on any atom is 0.246 e. The second-order valence-electron chi connectivity index (χ2n) is 4.33. The first-order valence-electron chi connectivity index (χ1n) is 5.87. The van der Waals surface area contributed by atoms with Gasteiger partial charge < -0.3 is 9.42 Å². The van der Waals surface area contributed by atoms with Crippen molar-refractivity contribution < 1.29 is 9.32 Å². The molecule has 0 aliphatic carbocycles. The summed E-state index contributed by atoms with van der Waals surface area (Å²) in [5, 5.41) is 3.74. The van der Waals surface area contributed by atoms with Gasteiger partial charge in [-0.15, -0.1) is 11.6 Å². The summed E-state index contributed by atoms with van der Waals surface area (Å²) in [7, 11) is 0. The molecule has 1 atom stereocenters. The molecule has 2 aromatic rings. The summed E-state index contributed by atoms with van der Waals surface area (Å²) < 4.78 is 5.14. The summed E-state index contributed by atoms with van der Waals surface area (Å²) in [5.74, 6) is 0.885. The second kappa shape index (κ2) is 4.97. The molecule has 1 unspecified atom stereocenters. The van der Waals surface area contributed by atoms with E-state index in [4.69, 9.17) is 16.1 Å². The van der Waals surface area contributed by atoms with Gasteiger partial charge in [-0.1, -0.05) is 5.16 Å². The number of carbonyl (C=O) groups excluding carboxylic acids is 1. The Morgan fingerprint density at radius 1 is 1.53 bits per heavy atom. The molecule has 0 saturated carbocycles. The number of aromatic nitrogens is 3. The molecule has 98 valence electrons. The lowest BCUT2D eigenvalue weighted by molar-refractivity contribution is -0.128. The van der Waals surface area contributed by atoms with Crippen molar-refractivity contribution in [2.75, 3.05) is 6.54 Å². The Morgan fingerprint density at radius 2 is 2.42 bits per heavy atom. The van der Waals surface area contributed by atoms with Crippen LogP contribution in [0, 0.1) is 0 Å². The van der Waals surface area contributed by atoms with E-state index < -0.39 is 0 Å². The van der Waals surface area contributed by atoms with Gasteiger partial charge in [0.1, 0.15) is 6.54 Å². The minimum absolute atomic E-state index is 0.0149. The van der Waals surface area contributed by atoms with Crippen LogP contribution in [0.25, 0.3) is 11.4 Å². The number of likely N-dealkylation sites (tertiary alicyclic amines) is 1. The number of carbonyl (C=O) groups is 1. The van der Waals surface area contributed by atoms with Crippen LogP contribution in [0.2, 0.25) is 0 Å². The molecule has 2 aromatic heterocycles. The van der Waals surface area contributed by atoms with Crippen molar-refractivity contribution in [2.24, 2.45) is 0 Å². The molecule has 6 nitrogen and oxygen atoms in total. The van der Waals surface area contributed by atoms with E-state index in [2.05, 4.69) is 15.1 Å². The molecule has 7 heteroatoms. The number of hydrogen-bond donors (Lipinski definition) is 0. The highest BCUT2D eigenvalue weighted by molar-refractivity contribution is 6.22. The number of rotatable bonds is 3. The van der Waals surface area contributed by atoms with Gasteiger partial charge in [0, 0.05) is 30.9 Å². The molecule has 19 heavy (non-hydrogen) atoms. The molecule has 0 aromatic carbocycles. The predicted molar refractivity (Wildman–Crippen MR) is 67.2 cm³/mol. The molecule has 1 aliphatic heterocycles. The minimum Gasteiger partial charge on any atom is -0.337 e. The largest absolute Gasteiger partial charge is 0.337 e. The topological polar surface area (TPSA) is 72.1 Å². The van der Waals surface area contributed by atoms with Crippen molar-refractivity contribution in [3.63, 3.8) is 0 Å². The first kappa shape index (κ1) is 12.1. The number of alkyl halides is 1. The Hall–Kier alpha value is -1.95. The molecule has 0 spiro atoms. The molecule has 1 aliphatic rings. The zero-order valence-corrected chi connectivity index (χ0v) is 10.7. The van der Waals surface area contributed by atoms with E-state index in [1.165, 1.54) is 0 Å². The summed E-state index contributed by atoms with van der Waals surface area (Å²) in [6, 6.07) is 3.64. The Morgan fingerprint density at radius 3 is 3.11 bits per heavy atom. The van der Waals surface area contributed by atoms with E-state index in [0.717, 1.165) is 5.56 Å². The predicted octanol–water partition coefficient (Wildman–Crippen LogP) is 1.47. The monoisotopic (exact) mass is 278 g/mol. The van der Waals surface area contributed by atoms with Crippen LogP contribution >= 0.6 is 11.6 Å². The SMILES string of the molecule is O=C1CC(Cl)CN1Cc1nc(-c2cccnc2)no1. The zero-order valence-electron chi connectivity index (χ0n) is 9.99. The molecule has 1 saturated heterocycles. The number of amides is 1. The van der Waals surface area contributed by atoms with Crippen LogP contribution in [-0.2, 0) is 11.3 Å². The van der Waals surface area contributed by atoms with E-state index in [9.17, 15) is 4.79 Å². The summed E-state index contributed by atoms with van der Waals surface area (Å²) in [4.78, 5) is 21.5. The Kier molecular flexibility index (Phi) is 3.16. The van der Waals surface area contributed by atoms with Gasteiger partial charge in [-0.2, -0.15) is 4.98 Å². The second-order valence-corrected chi connectivity index (χ2v) is 4.95. The van der Waals surface area contributed by atoms with Gasteiger partial charge >= 0.3 is 0 Å². The maximum absolute atomic E-state index is 11.6. The molecule has 3 heterocycles. The van der Waals surface area contributed by atoms with Gasteiger partial charge in [-0.25, -0.2) is 0 Å². The normalized spacial score (nSPS) is 19.1. The first-order chi connectivity index (χ1) is 9.22. The van der Waals surface area contributed by atoms with Crippen molar-refractivity contribution in [2.45, 2.75) is 18.3 Å². The highest BCUT2D eigenvalue weighted by Crippen LogP contribution is 2.20. The highest BCUT2D eigenvalue weighted by atomic mass is 35.5. The smallest absolute Gasteiger partial charge is 0.246 e. The summed E-state index contributed by atoms with van der Waals surface area (Å²) in [6.45, 7) is 0.820. The highest BCUT2D eigenvalue weighted by Gasteiger charge is 2.29. The van der Waals surface area contributed by atoms with Crippen LogP contribution in [-0.4, -0.2) is 37.9 Å². The van der Waals surface area contributed by atoms with Gasteiger partial charge in [0.25, 0.3) is 0 Å². The molecular formula is C12H11ClN4O2. The number of pyridine rings is 1. The standard InChI is InChI=1S/C12H11ClN4O2/c13-9-4-11(18)17(6-9)7-10-15-12(16-19-10)8-2-1-3-14-5-8/h1-3,5,9H,4,6-7H2. The number of nitrogens with zero attached hydrogens (tertiary/aromatic N) is 4. The number of hydrogen-bond acceptors (Lipinski definition) is 5. The summed E-state index contributed by atoms with van der Waals surface area (Å²) >= 11 is 5.93. The maximum atomic E-state index is 11.6. The molecule has 1 fully saturated rings. The van der Waals surface area contributed by atoms with Gasteiger partial charge in [0.05, 0.1) is 5.38 Å². The Bertz CT molecular complexity index is 586. The lowest BCUT2D eigenvalue weighted by atomic mass is 10.3. The molecule has 0 radical (unpaired) electrons. The quantitative estimate of drug-likeness (QED) is 0.795. The summed E-state index contributed by atoms with van der Waals surface area (Å²) in [6.07, 6.45) is 3.70. The van der Waals surface area contributed by atoms with Crippen LogP contribution in [0.1, 0.15) is 12.3 Å². The van der Waals surface area contributed by atoms with E-state index >= 15 is 0 Å². The van der Waals surface area contributed by atoms with Gasteiger partial charge in [0.15, 0.2) is 0 Å². The third-order valence-corrected chi connectivity index (χ3v) is 3.17. The van der Waals surface area contributed by atoms with Crippen molar-refractivity contribution in [3.8, 4) is 11.4 Å². The fraction of sp³-hybridized carbons (Fsp3) is 0.333. The summed E-state index contributed by atoms with van der Waals surface area (Å²) in [5.41, 5.74) is 0.778. The molecular weight excluding hydrogens is 268 g/mol. The lowest BCUT2D eigenvalue weighted by Gasteiger charge is -2.11. The van der Waals surface area contributed by atoms with E-state index in [-0.39, 0.29) is 11.3 Å². The minimum atomic E-state index is -0.131. The van der Waals surface area contributed by atoms with Gasteiger partial charge in [-0.3, -0.25) is 9.78 Å². The first-order valence-corrected chi connectivity index (χ1v) is 6.31. The van der Waals surface area contributed by atoms with Crippen LogP contribution in [0.4, 0.5) is 0 Å². The average Bonchev–Trinajstić information content (AvgIpc) is 2.99.